The highest BCUT2D eigenvalue weighted by atomic mass is 19.4. The van der Waals surface area contributed by atoms with Crippen LogP contribution in [0.4, 0.5) is 19.0 Å². The van der Waals surface area contributed by atoms with E-state index in [1.807, 2.05) is 4.90 Å². The molecule has 0 aromatic carbocycles. The molecule has 1 saturated carbocycles. The first kappa shape index (κ1) is 14.6. The van der Waals surface area contributed by atoms with E-state index >= 15 is 0 Å². The van der Waals surface area contributed by atoms with E-state index in [1.165, 1.54) is 0 Å². The van der Waals surface area contributed by atoms with E-state index in [9.17, 15) is 13.2 Å². The van der Waals surface area contributed by atoms with Crippen LogP contribution in [0, 0.1) is 11.3 Å². The second kappa shape index (κ2) is 5.12. The molecule has 1 aromatic heterocycles. The Bertz CT molecular complexity index is 513. The van der Waals surface area contributed by atoms with Crippen molar-refractivity contribution in [3.05, 3.63) is 18.1 Å². The van der Waals surface area contributed by atoms with Crippen LogP contribution in [-0.2, 0) is 6.54 Å². The zero-order valence-corrected chi connectivity index (χ0v) is 11.7. The van der Waals surface area contributed by atoms with E-state index in [1.54, 1.807) is 12.3 Å². The molecule has 116 valence electrons. The highest BCUT2D eigenvalue weighted by Gasteiger charge is 2.57. The van der Waals surface area contributed by atoms with Crippen LogP contribution in [-0.4, -0.2) is 34.1 Å². The van der Waals surface area contributed by atoms with Gasteiger partial charge >= 0.3 is 6.18 Å². The van der Waals surface area contributed by atoms with Gasteiger partial charge in [0, 0.05) is 12.7 Å². The highest BCUT2D eigenvalue weighted by molar-refractivity contribution is 5.25. The molecule has 0 unspecified atom stereocenters. The van der Waals surface area contributed by atoms with Gasteiger partial charge < -0.3 is 5.73 Å². The summed E-state index contributed by atoms with van der Waals surface area (Å²) in [7, 11) is 0. The molecule has 0 radical (unpaired) electrons. The molecule has 4 nitrogen and oxygen atoms in total. The van der Waals surface area contributed by atoms with Gasteiger partial charge in [-0.25, -0.2) is 9.97 Å². The van der Waals surface area contributed by atoms with E-state index in [-0.39, 0.29) is 6.42 Å². The molecular formula is C14H19F3N4. The second-order valence-corrected chi connectivity index (χ2v) is 6.21. The van der Waals surface area contributed by atoms with Crippen LogP contribution in [0.3, 0.4) is 0 Å². The molecule has 2 fully saturated rings. The average molecular weight is 300 g/mol. The number of hydrogen-bond acceptors (Lipinski definition) is 4. The molecule has 1 aromatic rings. The number of anilines is 1. The maximum Gasteiger partial charge on any atom is 0.392 e. The third kappa shape index (κ3) is 2.84. The summed E-state index contributed by atoms with van der Waals surface area (Å²) >= 11 is 0. The SMILES string of the molecule is Nc1ccnc(CN2CC[C@@H](C(F)(F)F)C3(CCC3)C2)n1. The van der Waals surface area contributed by atoms with Gasteiger partial charge in [-0.05, 0) is 37.3 Å². The van der Waals surface area contributed by atoms with Gasteiger partial charge in [0.05, 0.1) is 12.5 Å². The average Bonchev–Trinajstić information content (AvgIpc) is 2.35. The van der Waals surface area contributed by atoms with Crippen molar-refractivity contribution in [2.24, 2.45) is 11.3 Å². The standard InChI is InChI=1S/C14H19F3N4/c15-14(16,17)10-3-7-21(9-13(10)4-1-5-13)8-12-19-6-2-11(18)20-12/h2,6,10H,1,3-5,7-9H2,(H2,18,19,20)/t10-/m1/s1. The number of alkyl halides is 3. The number of nitrogens with zero attached hydrogens (tertiary/aromatic N) is 3. The molecule has 0 amide bonds. The first-order valence-corrected chi connectivity index (χ1v) is 7.26. The van der Waals surface area contributed by atoms with Gasteiger partial charge in [0.2, 0.25) is 0 Å². The second-order valence-electron chi connectivity index (χ2n) is 6.21. The van der Waals surface area contributed by atoms with Crippen molar-refractivity contribution < 1.29 is 13.2 Å². The number of likely N-dealkylation sites (tertiary alicyclic amines) is 1. The van der Waals surface area contributed by atoms with Crippen molar-refractivity contribution in [3.8, 4) is 0 Å². The van der Waals surface area contributed by atoms with Crippen LogP contribution in [0.1, 0.15) is 31.5 Å². The Kier molecular flexibility index (Phi) is 3.55. The summed E-state index contributed by atoms with van der Waals surface area (Å²) in [5.74, 6) is -0.185. The lowest BCUT2D eigenvalue weighted by molar-refractivity contribution is -0.238. The van der Waals surface area contributed by atoms with Crippen LogP contribution in [0.25, 0.3) is 0 Å². The van der Waals surface area contributed by atoms with Gasteiger partial charge in [0.25, 0.3) is 0 Å². The quantitative estimate of drug-likeness (QED) is 0.912. The van der Waals surface area contributed by atoms with Crippen molar-refractivity contribution in [2.75, 3.05) is 18.8 Å². The summed E-state index contributed by atoms with van der Waals surface area (Å²) in [4.78, 5) is 10.3. The Morgan fingerprint density at radius 3 is 2.71 bits per heavy atom. The molecule has 0 bridgehead atoms. The Labute approximate surface area is 121 Å². The Morgan fingerprint density at radius 2 is 2.14 bits per heavy atom. The molecule has 21 heavy (non-hydrogen) atoms. The molecular weight excluding hydrogens is 281 g/mol. The number of nitrogens with two attached hydrogens (primary N) is 1. The summed E-state index contributed by atoms with van der Waals surface area (Å²) in [6.45, 7) is 1.39. The predicted octanol–water partition coefficient (Wildman–Crippen LogP) is 2.61. The van der Waals surface area contributed by atoms with Crippen LogP contribution >= 0.6 is 0 Å². The molecule has 1 saturated heterocycles. The number of nitrogen functional groups attached to an aromatic ring is 1. The smallest absolute Gasteiger partial charge is 0.384 e. The molecule has 2 heterocycles. The van der Waals surface area contributed by atoms with E-state index in [0.717, 1.165) is 6.42 Å². The van der Waals surface area contributed by atoms with Crippen molar-refractivity contribution >= 4 is 5.82 Å². The van der Waals surface area contributed by atoms with Crippen LogP contribution in [0.15, 0.2) is 12.3 Å². The van der Waals surface area contributed by atoms with E-state index in [0.29, 0.717) is 44.1 Å². The maximum atomic E-state index is 13.2. The molecule has 3 rings (SSSR count). The minimum absolute atomic E-state index is 0.172. The Morgan fingerprint density at radius 1 is 1.38 bits per heavy atom. The lowest BCUT2D eigenvalue weighted by Gasteiger charge is -2.54. The molecule has 1 aliphatic heterocycles. The lowest BCUT2D eigenvalue weighted by atomic mass is 9.58. The number of piperidine rings is 1. The van der Waals surface area contributed by atoms with Crippen molar-refractivity contribution in [3.63, 3.8) is 0 Å². The topological polar surface area (TPSA) is 55.0 Å². The van der Waals surface area contributed by atoms with Crippen molar-refractivity contribution in [1.29, 1.82) is 0 Å². The minimum atomic E-state index is -4.08. The zero-order chi connectivity index (χ0) is 15.1. The van der Waals surface area contributed by atoms with Gasteiger partial charge in [-0.2, -0.15) is 13.2 Å². The minimum Gasteiger partial charge on any atom is -0.384 e. The number of halogens is 3. The maximum absolute atomic E-state index is 13.2. The molecule has 1 spiro atoms. The first-order chi connectivity index (χ1) is 9.89. The molecule has 1 atom stereocenters. The molecule has 2 aliphatic rings. The van der Waals surface area contributed by atoms with Crippen LogP contribution in [0.2, 0.25) is 0 Å². The van der Waals surface area contributed by atoms with Crippen molar-refractivity contribution in [1.82, 2.24) is 14.9 Å². The zero-order valence-electron chi connectivity index (χ0n) is 11.7. The summed E-state index contributed by atoms with van der Waals surface area (Å²) < 4.78 is 39.6. The molecule has 2 N–H and O–H groups in total. The lowest BCUT2D eigenvalue weighted by Crippen LogP contribution is -2.56. The fourth-order valence-corrected chi connectivity index (χ4v) is 3.73. The predicted molar refractivity (Wildman–Crippen MR) is 72.2 cm³/mol. The van der Waals surface area contributed by atoms with Gasteiger partial charge in [-0.1, -0.05) is 6.42 Å². The fraction of sp³-hybridized carbons (Fsp3) is 0.714. The summed E-state index contributed by atoms with van der Waals surface area (Å²) in [5.41, 5.74) is 5.03. The van der Waals surface area contributed by atoms with E-state index in [4.69, 9.17) is 5.73 Å². The van der Waals surface area contributed by atoms with Gasteiger partial charge in [-0.15, -0.1) is 0 Å². The summed E-state index contributed by atoms with van der Waals surface area (Å²) in [6.07, 6.45) is -0.0859. The third-order valence-electron chi connectivity index (χ3n) is 4.85. The monoisotopic (exact) mass is 300 g/mol. The summed E-state index contributed by atoms with van der Waals surface area (Å²) in [6, 6.07) is 1.60. The number of aromatic nitrogens is 2. The number of rotatable bonds is 2. The van der Waals surface area contributed by atoms with Gasteiger partial charge in [-0.3, -0.25) is 4.90 Å². The molecule has 7 heteroatoms. The van der Waals surface area contributed by atoms with Crippen LogP contribution in [0.5, 0.6) is 0 Å². The normalized spacial score (nSPS) is 25.8. The largest absolute Gasteiger partial charge is 0.392 e. The van der Waals surface area contributed by atoms with Gasteiger partial charge in [0.15, 0.2) is 0 Å². The Hall–Kier alpha value is -1.37. The van der Waals surface area contributed by atoms with Crippen molar-refractivity contribution in [2.45, 2.75) is 38.4 Å². The molecule has 1 aliphatic carbocycles. The highest BCUT2D eigenvalue weighted by Crippen LogP contribution is 2.56. The van der Waals surface area contributed by atoms with Gasteiger partial charge in [0.1, 0.15) is 11.6 Å². The summed E-state index contributed by atoms with van der Waals surface area (Å²) in [5, 5.41) is 0. The van der Waals surface area contributed by atoms with Crippen LogP contribution < -0.4 is 5.73 Å². The third-order valence-corrected chi connectivity index (χ3v) is 4.85. The fourth-order valence-electron chi connectivity index (χ4n) is 3.73. The number of hydrogen-bond donors (Lipinski definition) is 1. The van der Waals surface area contributed by atoms with E-state index in [2.05, 4.69) is 9.97 Å². The van der Waals surface area contributed by atoms with E-state index < -0.39 is 17.5 Å². The first-order valence-electron chi connectivity index (χ1n) is 7.26. The Balaban J connectivity index is 1.71.